The van der Waals surface area contributed by atoms with Gasteiger partial charge in [-0.2, -0.15) is 0 Å². The lowest BCUT2D eigenvalue weighted by Gasteiger charge is -2.11. The molecule has 0 saturated carbocycles. The van der Waals surface area contributed by atoms with Crippen molar-refractivity contribution in [1.29, 1.82) is 0 Å². The van der Waals surface area contributed by atoms with E-state index in [2.05, 4.69) is 0 Å². The van der Waals surface area contributed by atoms with Gasteiger partial charge >= 0.3 is 0 Å². The average molecular weight is 150 g/mol. The zero-order chi connectivity index (χ0) is 8.27. The monoisotopic (exact) mass is 150 g/mol. The molecule has 0 aliphatic carbocycles. The van der Waals surface area contributed by atoms with E-state index in [1.165, 1.54) is 0 Å². The van der Waals surface area contributed by atoms with Crippen LogP contribution < -0.4 is 5.73 Å². The molecule has 0 saturated heterocycles. The fourth-order valence-electron chi connectivity index (χ4n) is 0.946. The number of hydrogen-bond acceptors (Lipinski definition) is 1. The van der Waals surface area contributed by atoms with Gasteiger partial charge in [0.1, 0.15) is 6.10 Å². The topological polar surface area (TPSA) is 45.9 Å². The molecule has 0 aliphatic rings. The Kier molecular flexibility index (Phi) is 2.63. The van der Waals surface area contributed by atoms with Crippen molar-refractivity contribution >= 4 is 0 Å². The van der Waals surface area contributed by atoms with E-state index in [0.29, 0.717) is 0 Å². The molecule has 1 aromatic rings. The SMILES string of the molecule is C[C@H](N)[C@H]([O])c1ccccc1. The fraction of sp³-hybridized carbons (Fsp3) is 0.333. The number of benzene rings is 1. The van der Waals surface area contributed by atoms with E-state index >= 15 is 0 Å². The largest absolute Gasteiger partial charge is 0.325 e. The first-order chi connectivity index (χ1) is 5.22. The Morgan fingerprint density at radius 1 is 1.27 bits per heavy atom. The Morgan fingerprint density at radius 3 is 2.27 bits per heavy atom. The maximum atomic E-state index is 11.3. The first kappa shape index (κ1) is 8.24. The van der Waals surface area contributed by atoms with Crippen LogP contribution in [0.4, 0.5) is 0 Å². The summed E-state index contributed by atoms with van der Waals surface area (Å²) >= 11 is 0. The molecule has 2 N–H and O–H groups in total. The van der Waals surface area contributed by atoms with Crippen LogP contribution in [-0.2, 0) is 5.11 Å². The van der Waals surface area contributed by atoms with Gasteiger partial charge in [0, 0.05) is 6.04 Å². The van der Waals surface area contributed by atoms with Crippen LogP contribution in [0.3, 0.4) is 0 Å². The summed E-state index contributed by atoms with van der Waals surface area (Å²) in [4.78, 5) is 0. The van der Waals surface area contributed by atoms with E-state index in [0.717, 1.165) is 5.56 Å². The third-order valence-corrected chi connectivity index (χ3v) is 1.61. The van der Waals surface area contributed by atoms with Crippen molar-refractivity contribution < 1.29 is 5.11 Å². The van der Waals surface area contributed by atoms with Gasteiger partial charge in [-0.3, -0.25) is 0 Å². The van der Waals surface area contributed by atoms with E-state index in [1.54, 1.807) is 19.1 Å². The molecule has 1 aromatic carbocycles. The minimum atomic E-state index is -0.795. The van der Waals surface area contributed by atoms with E-state index in [-0.39, 0.29) is 6.04 Å². The van der Waals surface area contributed by atoms with Crippen molar-refractivity contribution in [2.24, 2.45) is 5.73 Å². The molecule has 0 heterocycles. The normalized spacial score (nSPS) is 15.9. The fourth-order valence-corrected chi connectivity index (χ4v) is 0.946. The second-order valence-electron chi connectivity index (χ2n) is 2.69. The van der Waals surface area contributed by atoms with E-state index in [9.17, 15) is 5.11 Å². The quantitative estimate of drug-likeness (QED) is 0.682. The van der Waals surface area contributed by atoms with Gasteiger partial charge in [-0.1, -0.05) is 30.3 Å². The summed E-state index contributed by atoms with van der Waals surface area (Å²) in [6.45, 7) is 1.73. The molecule has 1 rings (SSSR count). The Labute approximate surface area is 66.7 Å². The van der Waals surface area contributed by atoms with Gasteiger partial charge in [-0.15, -0.1) is 0 Å². The van der Waals surface area contributed by atoms with Crippen molar-refractivity contribution in [2.45, 2.75) is 19.1 Å². The molecule has 2 nitrogen and oxygen atoms in total. The highest BCUT2D eigenvalue weighted by atomic mass is 16.3. The maximum absolute atomic E-state index is 11.3. The smallest absolute Gasteiger partial charge is 0.133 e. The van der Waals surface area contributed by atoms with Gasteiger partial charge in [0.2, 0.25) is 0 Å². The average Bonchev–Trinajstić information content (AvgIpc) is 2.05. The van der Waals surface area contributed by atoms with Crippen LogP contribution in [0.1, 0.15) is 18.6 Å². The lowest BCUT2D eigenvalue weighted by atomic mass is 10.0. The molecule has 59 valence electrons. The van der Waals surface area contributed by atoms with Crippen LogP contribution in [0, 0.1) is 0 Å². The predicted octanol–water partition coefficient (Wildman–Crippen LogP) is 1.51. The van der Waals surface area contributed by atoms with Crippen LogP contribution in [-0.4, -0.2) is 6.04 Å². The molecule has 0 bridgehead atoms. The first-order valence-corrected chi connectivity index (χ1v) is 3.68. The molecule has 2 atom stereocenters. The van der Waals surface area contributed by atoms with Gasteiger partial charge in [0.25, 0.3) is 0 Å². The van der Waals surface area contributed by atoms with Crippen LogP contribution >= 0.6 is 0 Å². The summed E-state index contributed by atoms with van der Waals surface area (Å²) in [6.07, 6.45) is -0.795. The molecule has 0 fully saturated rings. The van der Waals surface area contributed by atoms with E-state index in [1.807, 2.05) is 18.2 Å². The lowest BCUT2D eigenvalue weighted by Crippen LogP contribution is -2.23. The van der Waals surface area contributed by atoms with Crippen molar-refractivity contribution in [3.8, 4) is 0 Å². The van der Waals surface area contributed by atoms with Crippen molar-refractivity contribution in [2.75, 3.05) is 0 Å². The van der Waals surface area contributed by atoms with Gasteiger partial charge in [-0.05, 0) is 12.5 Å². The summed E-state index contributed by atoms with van der Waals surface area (Å²) in [5, 5.41) is 11.3. The van der Waals surface area contributed by atoms with Crippen molar-refractivity contribution in [3.63, 3.8) is 0 Å². The highest BCUT2D eigenvalue weighted by Crippen LogP contribution is 2.14. The van der Waals surface area contributed by atoms with Gasteiger partial charge in [0.15, 0.2) is 0 Å². The summed E-state index contributed by atoms with van der Waals surface area (Å²) in [6, 6.07) is 8.88. The Bertz CT molecular complexity index is 208. The summed E-state index contributed by atoms with van der Waals surface area (Å²) in [7, 11) is 0. The van der Waals surface area contributed by atoms with Crippen LogP contribution in [0.15, 0.2) is 30.3 Å². The van der Waals surface area contributed by atoms with Gasteiger partial charge in [-0.25, -0.2) is 5.11 Å². The summed E-state index contributed by atoms with van der Waals surface area (Å²) in [5.41, 5.74) is 6.22. The van der Waals surface area contributed by atoms with Gasteiger partial charge in [0.05, 0.1) is 0 Å². The zero-order valence-corrected chi connectivity index (χ0v) is 6.53. The number of rotatable bonds is 2. The Morgan fingerprint density at radius 2 is 1.82 bits per heavy atom. The first-order valence-electron chi connectivity index (χ1n) is 3.68. The minimum absolute atomic E-state index is 0.322. The molecule has 1 radical (unpaired) electrons. The highest BCUT2D eigenvalue weighted by Gasteiger charge is 2.12. The standard InChI is InChI=1S/C9H12NO/c1-7(10)9(11)8-5-3-2-4-6-8/h2-7,9H,10H2,1H3/t7-,9-/m0/s1. The molecule has 0 unspecified atom stereocenters. The van der Waals surface area contributed by atoms with Crippen molar-refractivity contribution in [1.82, 2.24) is 0 Å². The minimum Gasteiger partial charge on any atom is -0.325 e. The lowest BCUT2D eigenvalue weighted by molar-refractivity contribution is 0.0704. The second kappa shape index (κ2) is 3.51. The molecule has 11 heavy (non-hydrogen) atoms. The predicted molar refractivity (Wildman–Crippen MR) is 43.5 cm³/mol. The van der Waals surface area contributed by atoms with Crippen LogP contribution in [0.2, 0.25) is 0 Å². The third kappa shape index (κ3) is 2.03. The van der Waals surface area contributed by atoms with E-state index in [4.69, 9.17) is 5.73 Å². The maximum Gasteiger partial charge on any atom is 0.133 e. The highest BCUT2D eigenvalue weighted by molar-refractivity contribution is 5.18. The van der Waals surface area contributed by atoms with Crippen LogP contribution in [0.5, 0.6) is 0 Å². The Hall–Kier alpha value is -0.860. The number of nitrogens with two attached hydrogens (primary N) is 1. The molecule has 0 aliphatic heterocycles. The third-order valence-electron chi connectivity index (χ3n) is 1.61. The van der Waals surface area contributed by atoms with Crippen molar-refractivity contribution in [3.05, 3.63) is 35.9 Å². The van der Waals surface area contributed by atoms with E-state index < -0.39 is 6.10 Å². The molecular weight excluding hydrogens is 138 g/mol. The molecular formula is C9H12NO. The molecule has 0 spiro atoms. The van der Waals surface area contributed by atoms with Gasteiger partial charge < -0.3 is 5.73 Å². The molecule has 0 aromatic heterocycles. The van der Waals surface area contributed by atoms with Crippen LogP contribution in [0.25, 0.3) is 0 Å². The Balaban J connectivity index is 2.77. The second-order valence-corrected chi connectivity index (χ2v) is 2.69. The number of hydrogen-bond donors (Lipinski definition) is 1. The zero-order valence-electron chi connectivity index (χ0n) is 6.53. The molecule has 2 heteroatoms. The molecule has 0 amide bonds. The summed E-state index contributed by atoms with van der Waals surface area (Å²) < 4.78 is 0. The summed E-state index contributed by atoms with van der Waals surface area (Å²) in [5.74, 6) is 0.